The van der Waals surface area contributed by atoms with Gasteiger partial charge in [-0.1, -0.05) is 23.8 Å². The fourth-order valence-electron chi connectivity index (χ4n) is 2.79. The lowest BCUT2D eigenvalue weighted by Gasteiger charge is -2.21. The molecule has 0 aliphatic carbocycles. The van der Waals surface area contributed by atoms with Gasteiger partial charge in [0.1, 0.15) is 6.54 Å². The third kappa shape index (κ3) is 5.48. The van der Waals surface area contributed by atoms with Gasteiger partial charge in [0, 0.05) is 19.2 Å². The number of hydrogen-bond donors (Lipinski definition) is 1. The summed E-state index contributed by atoms with van der Waals surface area (Å²) in [6.45, 7) is 5.66. The third-order valence-corrected chi connectivity index (χ3v) is 4.26. The maximum atomic E-state index is 12.4. The molecule has 0 saturated heterocycles. The lowest BCUT2D eigenvalue weighted by Crippen LogP contribution is -2.36. The molecule has 0 atom stereocenters. The summed E-state index contributed by atoms with van der Waals surface area (Å²) in [5.41, 5.74) is 3.71. The van der Waals surface area contributed by atoms with E-state index in [0.29, 0.717) is 18.0 Å². The van der Waals surface area contributed by atoms with Crippen LogP contribution in [0.1, 0.15) is 23.6 Å². The minimum absolute atomic E-state index is 0.0308. The summed E-state index contributed by atoms with van der Waals surface area (Å²) >= 11 is 0. The zero-order valence-electron chi connectivity index (χ0n) is 16.5. The average molecular weight is 370 g/mol. The number of carbonyl (C=O) groups excluding carboxylic acids is 2. The van der Waals surface area contributed by atoms with Crippen molar-refractivity contribution in [3.05, 3.63) is 53.1 Å². The Labute approximate surface area is 160 Å². The van der Waals surface area contributed by atoms with Crippen molar-refractivity contribution >= 4 is 17.5 Å². The SMILES string of the molecule is COc1ccc(CN(CC(=O)Nc2ccc(C)cc2C)C(C)=O)cc1OC. The molecule has 2 aromatic rings. The van der Waals surface area contributed by atoms with Crippen LogP contribution in [0.15, 0.2) is 36.4 Å². The monoisotopic (exact) mass is 370 g/mol. The number of carbonyl (C=O) groups is 2. The van der Waals surface area contributed by atoms with Gasteiger partial charge in [0.25, 0.3) is 0 Å². The van der Waals surface area contributed by atoms with Crippen molar-refractivity contribution in [3.63, 3.8) is 0 Å². The number of ether oxygens (including phenoxy) is 2. The highest BCUT2D eigenvalue weighted by molar-refractivity contribution is 5.94. The summed E-state index contributed by atoms with van der Waals surface area (Å²) in [5.74, 6) is 0.777. The molecule has 144 valence electrons. The van der Waals surface area contributed by atoms with E-state index in [4.69, 9.17) is 9.47 Å². The maximum absolute atomic E-state index is 12.4. The number of anilines is 1. The Balaban J connectivity index is 2.09. The van der Waals surface area contributed by atoms with Gasteiger partial charge in [-0.05, 0) is 43.2 Å². The van der Waals surface area contributed by atoms with E-state index < -0.39 is 0 Å². The summed E-state index contributed by atoms with van der Waals surface area (Å²) in [7, 11) is 3.12. The van der Waals surface area contributed by atoms with Crippen molar-refractivity contribution < 1.29 is 19.1 Å². The molecule has 1 N–H and O–H groups in total. The van der Waals surface area contributed by atoms with Gasteiger partial charge in [0.05, 0.1) is 14.2 Å². The molecule has 0 bridgehead atoms. The topological polar surface area (TPSA) is 67.9 Å². The van der Waals surface area contributed by atoms with E-state index in [1.807, 2.05) is 38.1 Å². The van der Waals surface area contributed by atoms with Crippen LogP contribution in [0.25, 0.3) is 0 Å². The lowest BCUT2D eigenvalue weighted by molar-refractivity contribution is -0.133. The van der Waals surface area contributed by atoms with Gasteiger partial charge in [0.2, 0.25) is 11.8 Å². The Morgan fingerprint density at radius 1 is 1.00 bits per heavy atom. The molecular weight excluding hydrogens is 344 g/mol. The van der Waals surface area contributed by atoms with Crippen LogP contribution in [0.2, 0.25) is 0 Å². The summed E-state index contributed by atoms with van der Waals surface area (Å²) in [6.07, 6.45) is 0. The van der Waals surface area contributed by atoms with Crippen molar-refractivity contribution in [2.75, 3.05) is 26.1 Å². The highest BCUT2D eigenvalue weighted by Crippen LogP contribution is 2.28. The molecule has 27 heavy (non-hydrogen) atoms. The van der Waals surface area contributed by atoms with Crippen molar-refractivity contribution in [2.24, 2.45) is 0 Å². The average Bonchev–Trinajstić information content (AvgIpc) is 2.63. The van der Waals surface area contributed by atoms with Crippen LogP contribution < -0.4 is 14.8 Å². The van der Waals surface area contributed by atoms with Gasteiger partial charge in [-0.15, -0.1) is 0 Å². The van der Waals surface area contributed by atoms with E-state index in [9.17, 15) is 9.59 Å². The summed E-state index contributed by atoms with van der Waals surface area (Å²) in [6, 6.07) is 11.2. The highest BCUT2D eigenvalue weighted by atomic mass is 16.5. The minimum atomic E-state index is -0.238. The molecule has 0 aliphatic heterocycles. The van der Waals surface area contributed by atoms with E-state index in [2.05, 4.69) is 5.32 Å². The predicted molar refractivity (Wildman–Crippen MR) is 105 cm³/mol. The van der Waals surface area contributed by atoms with Crippen molar-refractivity contribution in [1.82, 2.24) is 4.90 Å². The van der Waals surface area contributed by atoms with Crippen LogP contribution in [-0.2, 0) is 16.1 Å². The lowest BCUT2D eigenvalue weighted by atomic mass is 10.1. The van der Waals surface area contributed by atoms with E-state index in [-0.39, 0.29) is 18.4 Å². The molecule has 0 spiro atoms. The smallest absolute Gasteiger partial charge is 0.244 e. The van der Waals surface area contributed by atoms with Gasteiger partial charge in [-0.3, -0.25) is 9.59 Å². The third-order valence-electron chi connectivity index (χ3n) is 4.26. The molecule has 0 aliphatic rings. The molecule has 2 aromatic carbocycles. The number of hydrogen-bond acceptors (Lipinski definition) is 4. The molecular formula is C21H26N2O4. The number of nitrogens with one attached hydrogen (secondary N) is 1. The molecule has 0 unspecified atom stereocenters. The number of rotatable bonds is 7. The first kappa shape index (κ1) is 20.3. The van der Waals surface area contributed by atoms with Crippen LogP contribution in [0.3, 0.4) is 0 Å². The summed E-state index contributed by atoms with van der Waals surface area (Å²) in [5, 5.41) is 2.87. The van der Waals surface area contributed by atoms with Gasteiger partial charge in [-0.25, -0.2) is 0 Å². The van der Waals surface area contributed by atoms with Gasteiger partial charge in [-0.2, -0.15) is 0 Å². The Kier molecular flexibility index (Phi) is 6.82. The minimum Gasteiger partial charge on any atom is -0.493 e. The van der Waals surface area contributed by atoms with E-state index in [1.165, 1.54) is 11.8 Å². The Bertz CT molecular complexity index is 833. The second-order valence-corrected chi connectivity index (χ2v) is 6.43. The molecule has 0 radical (unpaired) electrons. The normalized spacial score (nSPS) is 10.3. The molecule has 0 heterocycles. The number of methoxy groups -OCH3 is 2. The summed E-state index contributed by atoms with van der Waals surface area (Å²) in [4.78, 5) is 25.9. The first-order valence-corrected chi connectivity index (χ1v) is 8.67. The standard InChI is InChI=1S/C21H26N2O4/c1-14-6-8-18(15(2)10-14)22-21(25)13-23(16(3)24)12-17-7-9-19(26-4)20(11-17)27-5/h6-11H,12-13H2,1-5H3,(H,22,25). The molecule has 6 heteroatoms. The second kappa shape index (κ2) is 9.07. The number of nitrogens with zero attached hydrogens (tertiary/aromatic N) is 1. The van der Waals surface area contributed by atoms with Gasteiger partial charge < -0.3 is 19.7 Å². The Morgan fingerprint density at radius 3 is 2.30 bits per heavy atom. The Hall–Kier alpha value is -3.02. The largest absolute Gasteiger partial charge is 0.493 e. The van der Waals surface area contributed by atoms with Crippen LogP contribution in [0, 0.1) is 13.8 Å². The number of aryl methyl sites for hydroxylation is 2. The van der Waals surface area contributed by atoms with Crippen LogP contribution in [0.5, 0.6) is 11.5 Å². The summed E-state index contributed by atoms with van der Waals surface area (Å²) < 4.78 is 10.5. The number of amides is 2. The molecule has 2 amide bonds. The highest BCUT2D eigenvalue weighted by Gasteiger charge is 2.16. The van der Waals surface area contributed by atoms with Crippen molar-refractivity contribution in [1.29, 1.82) is 0 Å². The van der Waals surface area contributed by atoms with E-state index >= 15 is 0 Å². The Morgan fingerprint density at radius 2 is 1.70 bits per heavy atom. The van der Waals surface area contributed by atoms with Crippen LogP contribution in [0.4, 0.5) is 5.69 Å². The molecule has 0 saturated carbocycles. The van der Waals surface area contributed by atoms with Crippen LogP contribution in [-0.4, -0.2) is 37.5 Å². The van der Waals surface area contributed by atoms with E-state index in [1.54, 1.807) is 26.4 Å². The predicted octanol–water partition coefficient (Wildman–Crippen LogP) is 3.31. The molecule has 0 fully saturated rings. The fraction of sp³-hybridized carbons (Fsp3) is 0.333. The molecule has 0 aromatic heterocycles. The van der Waals surface area contributed by atoms with Crippen molar-refractivity contribution in [2.45, 2.75) is 27.3 Å². The zero-order chi connectivity index (χ0) is 20.0. The van der Waals surface area contributed by atoms with Gasteiger partial charge in [0.15, 0.2) is 11.5 Å². The van der Waals surface area contributed by atoms with Crippen molar-refractivity contribution in [3.8, 4) is 11.5 Å². The number of benzene rings is 2. The van der Waals surface area contributed by atoms with E-state index in [0.717, 1.165) is 22.4 Å². The first-order chi connectivity index (χ1) is 12.8. The first-order valence-electron chi connectivity index (χ1n) is 8.67. The quantitative estimate of drug-likeness (QED) is 0.812. The molecule has 6 nitrogen and oxygen atoms in total. The fourth-order valence-corrected chi connectivity index (χ4v) is 2.79. The van der Waals surface area contributed by atoms with Gasteiger partial charge >= 0.3 is 0 Å². The zero-order valence-corrected chi connectivity index (χ0v) is 16.5. The van der Waals surface area contributed by atoms with Crippen LogP contribution >= 0.6 is 0 Å². The maximum Gasteiger partial charge on any atom is 0.244 e. The molecule has 2 rings (SSSR count). The second-order valence-electron chi connectivity index (χ2n) is 6.43.